The Morgan fingerprint density at radius 2 is 1.30 bits per heavy atom. The van der Waals surface area contributed by atoms with Gasteiger partial charge < -0.3 is 9.88 Å². The van der Waals surface area contributed by atoms with Gasteiger partial charge in [-0.2, -0.15) is 0 Å². The quantitative estimate of drug-likeness (QED) is 0.513. The molecule has 1 aliphatic heterocycles. The van der Waals surface area contributed by atoms with E-state index in [1.807, 2.05) is 24.5 Å². The molecule has 1 fully saturated rings. The van der Waals surface area contributed by atoms with Gasteiger partial charge >= 0.3 is 0 Å². The molecule has 0 aliphatic carbocycles. The first-order valence-electron chi connectivity index (χ1n) is 10.3. The molecule has 4 nitrogen and oxygen atoms in total. The third-order valence-corrected chi connectivity index (χ3v) is 5.96. The molecule has 1 N–H and O–H groups in total. The zero-order valence-corrected chi connectivity index (χ0v) is 16.6. The molecule has 1 unspecified atom stereocenters. The highest BCUT2D eigenvalue weighted by atomic mass is 16.1. The van der Waals surface area contributed by atoms with Gasteiger partial charge in [0.05, 0.1) is 12.0 Å². The maximum Gasteiger partial charge on any atom is 0.220 e. The van der Waals surface area contributed by atoms with Crippen molar-refractivity contribution < 1.29 is 4.79 Å². The molecular formula is C26H23N3O. The van der Waals surface area contributed by atoms with Crippen molar-refractivity contribution in [2.75, 3.05) is 6.54 Å². The molecule has 30 heavy (non-hydrogen) atoms. The van der Waals surface area contributed by atoms with E-state index in [2.05, 4.69) is 88.9 Å². The average Bonchev–Trinajstić information content (AvgIpc) is 3.46. The molecular weight excluding hydrogens is 370 g/mol. The van der Waals surface area contributed by atoms with Gasteiger partial charge in [0.2, 0.25) is 5.91 Å². The summed E-state index contributed by atoms with van der Waals surface area (Å²) >= 11 is 0. The Hall–Kier alpha value is -3.66. The Morgan fingerprint density at radius 3 is 1.73 bits per heavy atom. The first-order valence-corrected chi connectivity index (χ1v) is 10.3. The number of imidazole rings is 1. The Morgan fingerprint density at radius 1 is 0.800 bits per heavy atom. The molecule has 1 aliphatic rings. The second-order valence-corrected chi connectivity index (χ2v) is 7.72. The summed E-state index contributed by atoms with van der Waals surface area (Å²) in [5.41, 5.74) is 3.86. The van der Waals surface area contributed by atoms with E-state index in [1.165, 1.54) is 0 Å². The topological polar surface area (TPSA) is 46.9 Å². The van der Waals surface area contributed by atoms with Gasteiger partial charge in [0, 0.05) is 25.1 Å². The Labute approximate surface area is 176 Å². The Bertz CT molecular complexity index is 1040. The molecule has 1 atom stereocenters. The van der Waals surface area contributed by atoms with Gasteiger partial charge in [-0.3, -0.25) is 4.79 Å². The van der Waals surface area contributed by atoms with Crippen molar-refractivity contribution >= 4 is 5.91 Å². The summed E-state index contributed by atoms with van der Waals surface area (Å²) in [5, 5.41) is 2.92. The van der Waals surface area contributed by atoms with Crippen LogP contribution in [0.15, 0.2) is 104 Å². The average molecular weight is 393 g/mol. The van der Waals surface area contributed by atoms with E-state index in [9.17, 15) is 4.79 Å². The van der Waals surface area contributed by atoms with Crippen LogP contribution >= 0.6 is 0 Å². The molecule has 3 aromatic carbocycles. The smallest absolute Gasteiger partial charge is 0.220 e. The van der Waals surface area contributed by atoms with Crippen molar-refractivity contribution in [3.8, 4) is 0 Å². The lowest BCUT2D eigenvalue weighted by molar-refractivity contribution is -0.119. The fraction of sp³-hybridized carbons (Fsp3) is 0.154. The molecule has 0 saturated carbocycles. The second kappa shape index (κ2) is 7.64. The predicted molar refractivity (Wildman–Crippen MR) is 117 cm³/mol. The van der Waals surface area contributed by atoms with Crippen molar-refractivity contribution in [1.82, 2.24) is 14.9 Å². The number of carbonyl (C=O) groups excluding carboxylic acids is 1. The van der Waals surface area contributed by atoms with Gasteiger partial charge in [-0.1, -0.05) is 91.0 Å². The van der Waals surface area contributed by atoms with Gasteiger partial charge in [-0.05, 0) is 16.7 Å². The summed E-state index contributed by atoms with van der Waals surface area (Å²) in [5.74, 6) is 0.203. The van der Waals surface area contributed by atoms with Crippen LogP contribution in [0.3, 0.4) is 0 Å². The number of hydrogen-bond acceptors (Lipinski definition) is 2. The minimum Gasteiger partial charge on any atom is -0.355 e. The van der Waals surface area contributed by atoms with E-state index in [0.29, 0.717) is 13.0 Å². The molecule has 0 radical (unpaired) electrons. The Kier molecular flexibility index (Phi) is 4.68. The number of aromatic nitrogens is 2. The third kappa shape index (κ3) is 3.01. The first kappa shape index (κ1) is 18.4. The number of benzene rings is 3. The number of rotatable bonds is 5. The highest BCUT2D eigenvalue weighted by Gasteiger charge is 2.39. The lowest BCUT2D eigenvalue weighted by Gasteiger charge is -2.37. The molecule has 148 valence electrons. The highest BCUT2D eigenvalue weighted by Crippen LogP contribution is 2.41. The third-order valence-electron chi connectivity index (χ3n) is 5.96. The monoisotopic (exact) mass is 393 g/mol. The molecule has 1 saturated heterocycles. The zero-order valence-electron chi connectivity index (χ0n) is 16.6. The van der Waals surface area contributed by atoms with Gasteiger partial charge in [0.15, 0.2) is 0 Å². The van der Waals surface area contributed by atoms with Crippen molar-refractivity contribution in [2.24, 2.45) is 0 Å². The van der Waals surface area contributed by atoms with Crippen LogP contribution in [0.5, 0.6) is 0 Å². The molecule has 0 bridgehead atoms. The summed E-state index contributed by atoms with van der Waals surface area (Å²) in [4.78, 5) is 16.5. The van der Waals surface area contributed by atoms with Crippen LogP contribution in [0.4, 0.5) is 0 Å². The van der Waals surface area contributed by atoms with E-state index in [1.54, 1.807) is 0 Å². The van der Waals surface area contributed by atoms with Crippen LogP contribution in [-0.4, -0.2) is 22.0 Å². The van der Waals surface area contributed by atoms with E-state index in [4.69, 9.17) is 4.98 Å². The van der Waals surface area contributed by atoms with Crippen LogP contribution < -0.4 is 5.32 Å². The number of hydrogen-bond donors (Lipinski definition) is 1. The lowest BCUT2D eigenvalue weighted by atomic mass is 9.76. The van der Waals surface area contributed by atoms with Crippen LogP contribution in [0.25, 0.3) is 0 Å². The summed E-state index contributed by atoms with van der Waals surface area (Å²) in [6.07, 6.45) is 4.51. The SMILES string of the molecule is O=C1CC(c2cn(C(c3ccccc3)(c3ccccc3)c3ccccc3)cn2)CN1. The molecule has 1 amide bonds. The molecule has 4 aromatic rings. The highest BCUT2D eigenvalue weighted by molar-refractivity contribution is 5.79. The first-order chi connectivity index (χ1) is 14.8. The van der Waals surface area contributed by atoms with E-state index >= 15 is 0 Å². The summed E-state index contributed by atoms with van der Waals surface area (Å²) in [7, 11) is 0. The standard InChI is InChI=1S/C26H23N3O/c30-25-16-20(17-27-25)24-18-29(19-28-24)26(21-10-4-1-5-11-21,22-12-6-2-7-13-22)23-14-8-3-9-15-23/h1-15,18-20H,16-17H2,(H,27,30). The van der Waals surface area contributed by atoms with Crippen molar-refractivity contribution in [3.05, 3.63) is 126 Å². The Balaban J connectivity index is 1.77. The minimum absolute atomic E-state index is 0.0926. The maximum absolute atomic E-state index is 11.7. The number of nitrogens with zero attached hydrogens (tertiary/aromatic N) is 2. The minimum atomic E-state index is -0.564. The van der Waals surface area contributed by atoms with Crippen molar-refractivity contribution in [2.45, 2.75) is 17.9 Å². The normalized spacial score (nSPS) is 16.4. The molecule has 4 heteroatoms. The van der Waals surface area contributed by atoms with E-state index in [-0.39, 0.29) is 11.8 Å². The molecule has 5 rings (SSSR count). The second-order valence-electron chi connectivity index (χ2n) is 7.72. The lowest BCUT2D eigenvalue weighted by Crippen LogP contribution is -2.37. The maximum atomic E-state index is 11.7. The van der Waals surface area contributed by atoms with E-state index < -0.39 is 5.54 Å². The van der Waals surface area contributed by atoms with Crippen LogP contribution in [-0.2, 0) is 10.3 Å². The largest absolute Gasteiger partial charge is 0.355 e. The van der Waals surface area contributed by atoms with Crippen LogP contribution in [0.2, 0.25) is 0 Å². The number of nitrogens with one attached hydrogen (secondary N) is 1. The van der Waals surface area contributed by atoms with Gasteiger partial charge in [0.1, 0.15) is 5.54 Å². The fourth-order valence-corrected chi connectivity index (χ4v) is 4.53. The molecule has 1 aromatic heterocycles. The molecule has 2 heterocycles. The molecule has 0 spiro atoms. The summed E-state index contributed by atoms with van der Waals surface area (Å²) in [6.45, 7) is 0.644. The van der Waals surface area contributed by atoms with Crippen molar-refractivity contribution in [1.29, 1.82) is 0 Å². The predicted octanol–water partition coefficient (Wildman–Crippen LogP) is 4.33. The number of carbonyl (C=O) groups is 1. The van der Waals surface area contributed by atoms with Crippen molar-refractivity contribution in [3.63, 3.8) is 0 Å². The van der Waals surface area contributed by atoms with Gasteiger partial charge in [0.25, 0.3) is 0 Å². The van der Waals surface area contributed by atoms with Crippen LogP contribution in [0.1, 0.15) is 34.7 Å². The van der Waals surface area contributed by atoms with Crippen LogP contribution in [0, 0.1) is 0 Å². The zero-order chi connectivity index (χ0) is 20.4. The summed E-state index contributed by atoms with van der Waals surface area (Å²) < 4.78 is 2.20. The van der Waals surface area contributed by atoms with Gasteiger partial charge in [-0.15, -0.1) is 0 Å². The van der Waals surface area contributed by atoms with Gasteiger partial charge in [-0.25, -0.2) is 4.98 Å². The van der Waals surface area contributed by atoms with E-state index in [0.717, 1.165) is 22.4 Å². The summed E-state index contributed by atoms with van der Waals surface area (Å²) in [6, 6.07) is 31.6. The number of amides is 1. The fourth-order valence-electron chi connectivity index (χ4n) is 4.53.